The van der Waals surface area contributed by atoms with Crippen LogP contribution in [0.5, 0.6) is 0 Å². The highest BCUT2D eigenvalue weighted by atomic mass is 35.5. The van der Waals surface area contributed by atoms with Gasteiger partial charge in [-0.3, -0.25) is 9.59 Å². The number of halogens is 1. The van der Waals surface area contributed by atoms with Crippen molar-refractivity contribution in [1.82, 2.24) is 19.6 Å². The van der Waals surface area contributed by atoms with E-state index in [-0.39, 0.29) is 11.8 Å². The molecule has 0 atom stereocenters. The lowest BCUT2D eigenvalue weighted by Gasteiger charge is -2.20. The molecule has 0 aliphatic rings. The zero-order valence-electron chi connectivity index (χ0n) is 16.7. The summed E-state index contributed by atoms with van der Waals surface area (Å²) >= 11 is 6.04. The Kier molecular flexibility index (Phi) is 6.34. The Hall–Kier alpha value is -3.12. The van der Waals surface area contributed by atoms with Crippen molar-refractivity contribution in [2.45, 2.75) is 13.5 Å². The Labute approximate surface area is 175 Å². The molecule has 0 fully saturated rings. The molecule has 1 aromatic heterocycles. The summed E-state index contributed by atoms with van der Waals surface area (Å²) in [6.45, 7) is 2.94. The zero-order chi connectivity index (χ0) is 21.0. The molecule has 29 heavy (non-hydrogen) atoms. The predicted octanol–water partition coefficient (Wildman–Crippen LogP) is 3.89. The molecule has 0 spiro atoms. The molecule has 2 aromatic carbocycles. The molecule has 0 N–H and O–H groups in total. The van der Waals surface area contributed by atoms with E-state index >= 15 is 0 Å². The van der Waals surface area contributed by atoms with E-state index in [4.69, 9.17) is 11.6 Å². The first kappa shape index (κ1) is 20.6. The van der Waals surface area contributed by atoms with Gasteiger partial charge in [-0.2, -0.15) is 5.10 Å². The lowest BCUT2D eigenvalue weighted by molar-refractivity contribution is 0.0751. The van der Waals surface area contributed by atoms with Crippen LogP contribution in [0, 0.1) is 0 Å². The molecule has 0 aliphatic heterocycles. The van der Waals surface area contributed by atoms with Gasteiger partial charge in [-0.1, -0.05) is 29.8 Å². The number of nitrogens with zero attached hydrogens (tertiary/aromatic N) is 4. The van der Waals surface area contributed by atoms with E-state index in [9.17, 15) is 9.59 Å². The molecule has 1 heterocycles. The first-order valence-corrected chi connectivity index (χ1v) is 9.67. The van der Waals surface area contributed by atoms with Gasteiger partial charge in [0.15, 0.2) is 0 Å². The molecule has 2 amide bonds. The number of carbonyl (C=O) groups is 2. The van der Waals surface area contributed by atoms with Crippen LogP contribution < -0.4 is 0 Å². The molecule has 0 bridgehead atoms. The third-order valence-corrected chi connectivity index (χ3v) is 4.79. The summed E-state index contributed by atoms with van der Waals surface area (Å²) in [5, 5.41) is 4.90. The van der Waals surface area contributed by atoms with Gasteiger partial charge in [0, 0.05) is 44.0 Å². The normalized spacial score (nSPS) is 10.6. The number of amides is 2. The van der Waals surface area contributed by atoms with E-state index in [0.717, 1.165) is 11.3 Å². The van der Waals surface area contributed by atoms with E-state index in [1.54, 1.807) is 60.3 Å². The zero-order valence-corrected chi connectivity index (χ0v) is 17.4. The summed E-state index contributed by atoms with van der Waals surface area (Å²) < 4.78 is 1.63. The molecular weight excluding hydrogens is 388 g/mol. The summed E-state index contributed by atoms with van der Waals surface area (Å²) in [4.78, 5) is 28.2. The fourth-order valence-electron chi connectivity index (χ4n) is 2.93. The van der Waals surface area contributed by atoms with Gasteiger partial charge in [-0.05, 0) is 42.8 Å². The highest BCUT2D eigenvalue weighted by molar-refractivity contribution is 6.30. The molecule has 7 heteroatoms. The van der Waals surface area contributed by atoms with E-state index < -0.39 is 0 Å². The second-order valence-corrected chi connectivity index (χ2v) is 7.31. The van der Waals surface area contributed by atoms with Crippen molar-refractivity contribution in [2.24, 2.45) is 0 Å². The molecule has 6 nitrogen and oxygen atoms in total. The molecule has 0 radical (unpaired) electrons. The Morgan fingerprint density at radius 2 is 1.76 bits per heavy atom. The first-order valence-electron chi connectivity index (χ1n) is 9.29. The molecule has 0 unspecified atom stereocenters. The van der Waals surface area contributed by atoms with Gasteiger partial charge in [-0.15, -0.1) is 0 Å². The van der Waals surface area contributed by atoms with Gasteiger partial charge >= 0.3 is 0 Å². The largest absolute Gasteiger partial charge is 0.345 e. The average molecular weight is 411 g/mol. The van der Waals surface area contributed by atoms with Crippen LogP contribution in [0.2, 0.25) is 5.02 Å². The minimum absolute atomic E-state index is 0.0478. The summed E-state index contributed by atoms with van der Waals surface area (Å²) in [6, 6.07) is 14.6. The predicted molar refractivity (Wildman–Crippen MR) is 113 cm³/mol. The number of hydrogen-bond donors (Lipinski definition) is 0. The monoisotopic (exact) mass is 410 g/mol. The number of benzene rings is 2. The van der Waals surface area contributed by atoms with Crippen LogP contribution >= 0.6 is 11.6 Å². The number of carbonyl (C=O) groups excluding carboxylic acids is 2. The highest BCUT2D eigenvalue weighted by Gasteiger charge is 2.17. The maximum absolute atomic E-state index is 12.9. The van der Waals surface area contributed by atoms with Crippen molar-refractivity contribution in [3.05, 3.63) is 82.6 Å². The minimum Gasteiger partial charge on any atom is -0.345 e. The Balaban J connectivity index is 1.73. The molecule has 3 aromatic rings. The van der Waals surface area contributed by atoms with Crippen LogP contribution in [0.1, 0.15) is 33.2 Å². The van der Waals surface area contributed by atoms with Crippen LogP contribution in [0.25, 0.3) is 5.69 Å². The molecule has 0 aliphatic carbocycles. The molecule has 3 rings (SSSR count). The fraction of sp³-hybridized carbons (Fsp3) is 0.227. The quantitative estimate of drug-likeness (QED) is 0.619. The van der Waals surface area contributed by atoms with Crippen LogP contribution in [-0.4, -0.2) is 52.0 Å². The van der Waals surface area contributed by atoms with Crippen LogP contribution in [0.4, 0.5) is 0 Å². The molecular formula is C22H23ClN4O2. The van der Waals surface area contributed by atoms with Gasteiger partial charge in [-0.25, -0.2) is 4.68 Å². The minimum atomic E-state index is -0.103. The summed E-state index contributed by atoms with van der Waals surface area (Å²) in [7, 11) is 3.44. The first-order chi connectivity index (χ1) is 13.9. The topological polar surface area (TPSA) is 58.4 Å². The Bertz CT molecular complexity index is 1010. The Morgan fingerprint density at radius 3 is 2.38 bits per heavy atom. The maximum atomic E-state index is 12.9. The van der Waals surface area contributed by atoms with E-state index in [0.29, 0.717) is 29.2 Å². The van der Waals surface area contributed by atoms with Gasteiger partial charge < -0.3 is 9.80 Å². The average Bonchev–Trinajstić information content (AvgIpc) is 3.21. The highest BCUT2D eigenvalue weighted by Crippen LogP contribution is 2.16. The second-order valence-electron chi connectivity index (χ2n) is 6.87. The summed E-state index contributed by atoms with van der Waals surface area (Å²) in [5.74, 6) is -0.150. The smallest absolute Gasteiger partial charge is 0.257 e. The fourth-order valence-corrected chi connectivity index (χ4v) is 3.12. The van der Waals surface area contributed by atoms with E-state index in [1.165, 1.54) is 4.90 Å². The SMILES string of the molecule is CCN(Cc1ccc(C(=O)N(C)C)cc1)C(=O)c1cnn(-c2cccc(Cl)c2)c1. The van der Waals surface area contributed by atoms with Crippen molar-refractivity contribution in [3.63, 3.8) is 0 Å². The summed E-state index contributed by atoms with van der Waals surface area (Å²) in [5.41, 5.74) is 2.88. The van der Waals surface area contributed by atoms with Crippen LogP contribution in [0.3, 0.4) is 0 Å². The van der Waals surface area contributed by atoms with Gasteiger partial charge in [0.25, 0.3) is 11.8 Å². The van der Waals surface area contributed by atoms with Crippen LogP contribution in [-0.2, 0) is 6.54 Å². The summed E-state index contributed by atoms with van der Waals surface area (Å²) in [6.07, 6.45) is 3.26. The number of rotatable bonds is 6. The van der Waals surface area contributed by atoms with E-state index in [1.807, 2.05) is 31.2 Å². The van der Waals surface area contributed by atoms with Crippen molar-refractivity contribution in [1.29, 1.82) is 0 Å². The maximum Gasteiger partial charge on any atom is 0.257 e. The van der Waals surface area contributed by atoms with Crippen molar-refractivity contribution < 1.29 is 9.59 Å². The second kappa shape index (κ2) is 8.92. The van der Waals surface area contributed by atoms with Gasteiger partial charge in [0.05, 0.1) is 17.4 Å². The number of aromatic nitrogens is 2. The molecule has 0 saturated heterocycles. The van der Waals surface area contributed by atoms with Crippen molar-refractivity contribution >= 4 is 23.4 Å². The third-order valence-electron chi connectivity index (χ3n) is 4.55. The molecule has 150 valence electrons. The number of hydrogen-bond acceptors (Lipinski definition) is 3. The van der Waals surface area contributed by atoms with Crippen molar-refractivity contribution in [2.75, 3.05) is 20.6 Å². The lowest BCUT2D eigenvalue weighted by atomic mass is 10.1. The Morgan fingerprint density at radius 1 is 1.03 bits per heavy atom. The molecule has 0 saturated carbocycles. The van der Waals surface area contributed by atoms with Gasteiger partial charge in [0.1, 0.15) is 0 Å². The lowest BCUT2D eigenvalue weighted by Crippen LogP contribution is -2.30. The van der Waals surface area contributed by atoms with E-state index in [2.05, 4.69) is 5.10 Å². The standard InChI is InChI=1S/C22H23ClN4O2/c1-4-26(14-16-8-10-17(11-9-16)21(28)25(2)3)22(29)18-13-24-27(15-18)20-7-5-6-19(23)12-20/h5-13,15H,4,14H2,1-3H3. The van der Waals surface area contributed by atoms with Crippen molar-refractivity contribution in [3.8, 4) is 5.69 Å². The third kappa shape index (κ3) is 4.84. The van der Waals surface area contributed by atoms with Gasteiger partial charge in [0.2, 0.25) is 0 Å². The van der Waals surface area contributed by atoms with Crippen LogP contribution in [0.15, 0.2) is 60.9 Å².